The highest BCUT2D eigenvalue weighted by Crippen LogP contribution is 2.30. The molecule has 164 valence electrons. The van der Waals surface area contributed by atoms with Gasteiger partial charge in [-0.15, -0.1) is 0 Å². The van der Waals surface area contributed by atoms with Crippen molar-refractivity contribution in [3.8, 4) is 0 Å². The molecule has 3 N–H and O–H groups in total. The van der Waals surface area contributed by atoms with Crippen LogP contribution in [0.2, 0.25) is 0 Å². The summed E-state index contributed by atoms with van der Waals surface area (Å²) in [5, 5.41) is 3.06. The van der Waals surface area contributed by atoms with Gasteiger partial charge >= 0.3 is 0 Å². The maximum absolute atomic E-state index is 12.9. The maximum Gasteiger partial charge on any atom is 0.252 e. The first-order chi connectivity index (χ1) is 14.6. The van der Waals surface area contributed by atoms with Gasteiger partial charge in [-0.3, -0.25) is 14.5 Å². The molecule has 0 aromatic heterocycles. The minimum absolute atomic E-state index is 0.0482. The number of nitrogens with one attached hydrogen (secondary N) is 1. The zero-order valence-electron chi connectivity index (χ0n) is 19.0. The van der Waals surface area contributed by atoms with Crippen molar-refractivity contribution < 1.29 is 9.59 Å². The van der Waals surface area contributed by atoms with E-state index in [0.29, 0.717) is 12.0 Å². The normalized spacial score (nSPS) is 19.9. The molecular formula is C25H32N4O2. The Kier molecular flexibility index (Phi) is 6.48. The molecule has 2 atom stereocenters. The van der Waals surface area contributed by atoms with Crippen LogP contribution in [-0.4, -0.2) is 28.2 Å². The molecule has 0 bridgehead atoms. The quantitative estimate of drug-likeness (QED) is 0.742. The SMILES string of the molecule is Cc1ccc(CN2C(=O)C[C@@](C)(C(C)C)N=C2N)cc1C(=O)N[C@@H](C)c1ccccc1. The number of aliphatic imine (C=N–C) groups is 1. The molecule has 31 heavy (non-hydrogen) atoms. The first kappa shape index (κ1) is 22.5. The monoisotopic (exact) mass is 420 g/mol. The van der Waals surface area contributed by atoms with Gasteiger partial charge in [0.25, 0.3) is 5.91 Å². The van der Waals surface area contributed by atoms with Gasteiger partial charge < -0.3 is 11.1 Å². The molecule has 2 aromatic carbocycles. The first-order valence-electron chi connectivity index (χ1n) is 10.7. The highest BCUT2D eigenvalue weighted by Gasteiger charge is 2.38. The zero-order valence-corrected chi connectivity index (χ0v) is 19.0. The summed E-state index contributed by atoms with van der Waals surface area (Å²) < 4.78 is 0. The van der Waals surface area contributed by atoms with Crippen molar-refractivity contribution >= 4 is 17.8 Å². The van der Waals surface area contributed by atoms with Crippen LogP contribution >= 0.6 is 0 Å². The van der Waals surface area contributed by atoms with E-state index >= 15 is 0 Å². The van der Waals surface area contributed by atoms with Crippen molar-refractivity contribution in [2.24, 2.45) is 16.6 Å². The maximum atomic E-state index is 12.9. The summed E-state index contributed by atoms with van der Waals surface area (Å²) in [6.07, 6.45) is 0.319. The molecule has 1 aliphatic heterocycles. The van der Waals surface area contributed by atoms with Gasteiger partial charge in [0, 0.05) is 5.56 Å². The fraction of sp³-hybridized carbons (Fsp3) is 0.400. The number of hydrogen-bond acceptors (Lipinski definition) is 4. The number of carbonyl (C=O) groups excluding carboxylic acids is 2. The van der Waals surface area contributed by atoms with E-state index in [9.17, 15) is 9.59 Å². The van der Waals surface area contributed by atoms with Crippen LogP contribution in [0.5, 0.6) is 0 Å². The average molecular weight is 421 g/mol. The summed E-state index contributed by atoms with van der Waals surface area (Å²) in [7, 11) is 0. The Morgan fingerprint density at radius 2 is 1.87 bits per heavy atom. The van der Waals surface area contributed by atoms with E-state index < -0.39 is 5.54 Å². The van der Waals surface area contributed by atoms with Crippen molar-refractivity contribution in [3.63, 3.8) is 0 Å². The van der Waals surface area contributed by atoms with E-state index in [1.165, 1.54) is 4.90 Å². The predicted molar refractivity (Wildman–Crippen MR) is 124 cm³/mol. The lowest BCUT2D eigenvalue weighted by atomic mass is 9.84. The average Bonchev–Trinajstić information content (AvgIpc) is 2.72. The molecule has 0 aliphatic carbocycles. The Morgan fingerprint density at radius 3 is 2.48 bits per heavy atom. The Bertz CT molecular complexity index is 1000. The molecule has 6 nitrogen and oxygen atoms in total. The molecule has 0 saturated carbocycles. The van der Waals surface area contributed by atoms with E-state index in [1.807, 2.05) is 83.1 Å². The third-order valence-electron chi connectivity index (χ3n) is 6.23. The van der Waals surface area contributed by atoms with Crippen LogP contribution in [0.4, 0.5) is 0 Å². The lowest BCUT2D eigenvalue weighted by Crippen LogP contribution is -2.51. The van der Waals surface area contributed by atoms with Gasteiger partial charge in [0.05, 0.1) is 24.5 Å². The van der Waals surface area contributed by atoms with E-state index in [0.717, 1.165) is 16.7 Å². The van der Waals surface area contributed by atoms with Gasteiger partial charge in [0.2, 0.25) is 5.91 Å². The minimum Gasteiger partial charge on any atom is -0.369 e. The number of guanidine groups is 1. The van der Waals surface area contributed by atoms with Crippen molar-refractivity contribution in [1.82, 2.24) is 10.2 Å². The molecule has 0 spiro atoms. The molecule has 0 fully saturated rings. The molecule has 6 heteroatoms. The summed E-state index contributed by atoms with van der Waals surface area (Å²) in [6.45, 7) is 10.2. The van der Waals surface area contributed by atoms with Crippen LogP contribution in [0.3, 0.4) is 0 Å². The van der Waals surface area contributed by atoms with Gasteiger partial charge in [-0.05, 0) is 49.4 Å². The van der Waals surface area contributed by atoms with Gasteiger partial charge in [0.1, 0.15) is 0 Å². The van der Waals surface area contributed by atoms with Crippen molar-refractivity contribution in [2.75, 3.05) is 0 Å². The van der Waals surface area contributed by atoms with E-state index in [4.69, 9.17) is 5.73 Å². The molecule has 0 saturated heterocycles. The van der Waals surface area contributed by atoms with Crippen molar-refractivity contribution in [1.29, 1.82) is 0 Å². The minimum atomic E-state index is -0.483. The first-order valence-corrected chi connectivity index (χ1v) is 10.7. The highest BCUT2D eigenvalue weighted by atomic mass is 16.2. The lowest BCUT2D eigenvalue weighted by molar-refractivity contribution is -0.130. The zero-order chi connectivity index (χ0) is 22.8. The van der Waals surface area contributed by atoms with Gasteiger partial charge in [-0.1, -0.05) is 56.3 Å². The molecule has 2 amide bonds. The summed E-state index contributed by atoms with van der Waals surface area (Å²) in [6, 6.07) is 15.4. The molecule has 1 aliphatic rings. The number of aryl methyl sites for hydroxylation is 1. The van der Waals surface area contributed by atoms with Crippen LogP contribution in [0.1, 0.15) is 67.2 Å². The number of nitrogens with two attached hydrogens (primary N) is 1. The van der Waals surface area contributed by atoms with E-state index in [1.54, 1.807) is 0 Å². The number of carbonyl (C=O) groups is 2. The predicted octanol–water partition coefficient (Wildman–Crippen LogP) is 3.95. The lowest BCUT2D eigenvalue weighted by Gasteiger charge is -2.37. The summed E-state index contributed by atoms with van der Waals surface area (Å²) in [4.78, 5) is 31.9. The second-order valence-corrected chi connectivity index (χ2v) is 8.89. The highest BCUT2D eigenvalue weighted by molar-refractivity contribution is 5.99. The summed E-state index contributed by atoms with van der Waals surface area (Å²) in [5.74, 6) is 0.248. The smallest absolute Gasteiger partial charge is 0.252 e. The molecule has 0 unspecified atom stereocenters. The third kappa shape index (κ3) is 4.95. The van der Waals surface area contributed by atoms with Crippen molar-refractivity contribution in [2.45, 2.75) is 59.2 Å². The van der Waals surface area contributed by atoms with E-state index in [2.05, 4.69) is 10.3 Å². The molecule has 1 heterocycles. The number of benzene rings is 2. The molecule has 2 aromatic rings. The topological polar surface area (TPSA) is 87.8 Å². The summed E-state index contributed by atoms with van der Waals surface area (Å²) >= 11 is 0. The Balaban J connectivity index is 1.78. The van der Waals surface area contributed by atoms with Crippen LogP contribution in [0.25, 0.3) is 0 Å². The number of nitrogens with zero attached hydrogens (tertiary/aromatic N) is 2. The molecular weight excluding hydrogens is 388 g/mol. The Labute approximate surface area is 184 Å². The van der Waals surface area contributed by atoms with E-state index in [-0.39, 0.29) is 36.3 Å². The summed E-state index contributed by atoms with van der Waals surface area (Å²) in [5.41, 5.74) is 9.03. The van der Waals surface area contributed by atoms with Gasteiger partial charge in [0.15, 0.2) is 5.96 Å². The number of amides is 2. The largest absolute Gasteiger partial charge is 0.369 e. The second kappa shape index (κ2) is 8.92. The van der Waals surface area contributed by atoms with Crippen LogP contribution in [0, 0.1) is 12.8 Å². The van der Waals surface area contributed by atoms with Gasteiger partial charge in [-0.25, -0.2) is 4.99 Å². The third-order valence-corrected chi connectivity index (χ3v) is 6.23. The number of rotatable bonds is 6. The Hall–Kier alpha value is -3.15. The second-order valence-electron chi connectivity index (χ2n) is 8.89. The standard InChI is InChI=1S/C25H32N4O2/c1-16(2)25(5)14-22(30)29(24(26)28-25)15-19-12-11-17(3)21(13-19)23(31)27-18(4)20-9-7-6-8-10-20/h6-13,16,18H,14-15H2,1-5H3,(H2,26,28)(H,27,31)/t18-,25-/m0/s1. The van der Waals surface area contributed by atoms with Crippen molar-refractivity contribution in [3.05, 3.63) is 70.8 Å². The number of hydrogen-bond donors (Lipinski definition) is 2. The van der Waals surface area contributed by atoms with Crippen LogP contribution < -0.4 is 11.1 Å². The van der Waals surface area contributed by atoms with Crippen LogP contribution in [0.15, 0.2) is 53.5 Å². The van der Waals surface area contributed by atoms with Crippen LogP contribution in [-0.2, 0) is 11.3 Å². The fourth-order valence-electron chi connectivity index (χ4n) is 3.69. The van der Waals surface area contributed by atoms with Gasteiger partial charge in [-0.2, -0.15) is 0 Å². The Morgan fingerprint density at radius 1 is 1.19 bits per heavy atom. The molecule has 0 radical (unpaired) electrons. The fourth-order valence-corrected chi connectivity index (χ4v) is 3.69. The molecule has 3 rings (SSSR count).